The Morgan fingerprint density at radius 2 is 2.09 bits per heavy atom. The molecule has 0 bridgehead atoms. The van der Waals surface area contributed by atoms with Crippen LogP contribution in [0.1, 0.15) is 34.1 Å². The Bertz CT molecular complexity index is 647. The summed E-state index contributed by atoms with van der Waals surface area (Å²) in [5, 5.41) is 13.3. The van der Waals surface area contributed by atoms with Crippen molar-refractivity contribution in [2.75, 3.05) is 12.4 Å². The van der Waals surface area contributed by atoms with E-state index >= 15 is 0 Å². The van der Waals surface area contributed by atoms with E-state index in [9.17, 15) is 19.5 Å². The molecule has 0 radical (unpaired) electrons. The van der Waals surface area contributed by atoms with Crippen molar-refractivity contribution < 1.29 is 24.2 Å². The number of esters is 1. The summed E-state index contributed by atoms with van der Waals surface area (Å²) in [5.41, 5.74) is 1.30. The quantitative estimate of drug-likeness (QED) is 0.656. The first-order valence-electron chi connectivity index (χ1n) is 6.85. The fraction of sp³-hybridized carbons (Fsp3) is 0.400. The number of aliphatic carboxylic acids is 1. The van der Waals surface area contributed by atoms with Gasteiger partial charge in [-0.1, -0.05) is 6.92 Å². The van der Waals surface area contributed by atoms with Crippen LogP contribution in [0.2, 0.25) is 0 Å². The molecule has 1 heterocycles. The first-order valence-corrected chi connectivity index (χ1v) is 7.67. The van der Waals surface area contributed by atoms with Crippen LogP contribution >= 0.6 is 11.3 Å². The molecule has 0 saturated heterocycles. The number of amides is 1. The summed E-state index contributed by atoms with van der Waals surface area (Å²) in [6, 6.07) is 0. The zero-order valence-corrected chi connectivity index (χ0v) is 13.1. The molecule has 1 atom stereocenters. The number of rotatable bonds is 4. The fourth-order valence-electron chi connectivity index (χ4n) is 2.45. The van der Waals surface area contributed by atoms with E-state index in [0.717, 1.165) is 35.8 Å². The third-order valence-electron chi connectivity index (χ3n) is 3.51. The maximum Gasteiger partial charge on any atom is 0.341 e. The molecule has 1 aromatic rings. The molecular weight excluding hydrogens is 306 g/mol. The second-order valence-corrected chi connectivity index (χ2v) is 6.29. The molecular formula is C15H16NO5S-. The van der Waals surface area contributed by atoms with Crippen molar-refractivity contribution in [3.63, 3.8) is 0 Å². The molecule has 7 heteroatoms. The molecule has 118 valence electrons. The van der Waals surface area contributed by atoms with Gasteiger partial charge in [0.25, 0.3) is 0 Å². The molecule has 0 fully saturated rings. The summed E-state index contributed by atoms with van der Waals surface area (Å²) < 4.78 is 4.80. The predicted molar refractivity (Wildman–Crippen MR) is 79.6 cm³/mol. The van der Waals surface area contributed by atoms with Gasteiger partial charge in [-0.3, -0.25) is 4.79 Å². The topological polar surface area (TPSA) is 95.5 Å². The fourth-order valence-corrected chi connectivity index (χ4v) is 3.86. The third kappa shape index (κ3) is 3.54. The Hall–Kier alpha value is -2.15. The molecule has 0 unspecified atom stereocenters. The van der Waals surface area contributed by atoms with E-state index in [1.165, 1.54) is 18.4 Å². The van der Waals surface area contributed by atoms with Crippen LogP contribution < -0.4 is 10.4 Å². The Morgan fingerprint density at radius 3 is 2.73 bits per heavy atom. The van der Waals surface area contributed by atoms with E-state index in [2.05, 4.69) is 12.2 Å². The van der Waals surface area contributed by atoms with E-state index in [0.29, 0.717) is 22.6 Å². The second-order valence-electron chi connectivity index (χ2n) is 5.19. The van der Waals surface area contributed by atoms with Crippen molar-refractivity contribution in [2.24, 2.45) is 5.92 Å². The predicted octanol–water partition coefficient (Wildman–Crippen LogP) is 0.904. The van der Waals surface area contributed by atoms with Crippen LogP contribution in [0.4, 0.5) is 5.00 Å². The number of fused-ring (bicyclic) bond motifs is 1. The Kier molecular flexibility index (Phi) is 4.97. The summed E-state index contributed by atoms with van der Waals surface area (Å²) in [5.74, 6) is -2.05. The monoisotopic (exact) mass is 322 g/mol. The zero-order chi connectivity index (χ0) is 16.3. The van der Waals surface area contributed by atoms with Gasteiger partial charge in [0.2, 0.25) is 5.91 Å². The van der Waals surface area contributed by atoms with Crippen molar-refractivity contribution in [2.45, 2.75) is 26.2 Å². The Morgan fingerprint density at radius 1 is 1.36 bits per heavy atom. The maximum atomic E-state index is 12.0. The lowest BCUT2D eigenvalue weighted by atomic mass is 9.88. The first-order chi connectivity index (χ1) is 10.4. The standard InChI is InChI=1S/C15H17NO5S/c1-8-3-4-9-10(7-8)22-14(13(9)15(20)21-2)16-11(17)5-6-12(18)19/h5-6,8H,3-4,7H2,1-2H3,(H,16,17)(H,18,19)/p-1/t8-/m0/s1. The molecule has 2 rings (SSSR count). The zero-order valence-electron chi connectivity index (χ0n) is 12.3. The van der Waals surface area contributed by atoms with E-state index in [4.69, 9.17) is 4.74 Å². The van der Waals surface area contributed by atoms with Gasteiger partial charge in [0.15, 0.2) is 0 Å². The minimum absolute atomic E-state index is 0.379. The number of carboxylic acid groups (broad SMARTS) is 1. The lowest BCUT2D eigenvalue weighted by Crippen LogP contribution is -2.20. The van der Waals surface area contributed by atoms with Crippen molar-refractivity contribution >= 4 is 34.2 Å². The molecule has 1 aliphatic carbocycles. The van der Waals surface area contributed by atoms with Gasteiger partial charge in [0, 0.05) is 11.0 Å². The van der Waals surface area contributed by atoms with E-state index in [-0.39, 0.29) is 0 Å². The number of anilines is 1. The number of carbonyl (C=O) groups excluding carboxylic acids is 3. The highest BCUT2D eigenvalue weighted by atomic mass is 32.1. The molecule has 6 nitrogen and oxygen atoms in total. The molecule has 22 heavy (non-hydrogen) atoms. The molecule has 0 aliphatic heterocycles. The minimum atomic E-state index is -1.46. The van der Waals surface area contributed by atoms with Gasteiger partial charge in [-0.2, -0.15) is 0 Å². The van der Waals surface area contributed by atoms with E-state index in [1.54, 1.807) is 0 Å². The number of carbonyl (C=O) groups is 3. The molecule has 0 aromatic carbocycles. The van der Waals surface area contributed by atoms with Crippen LogP contribution in [0.3, 0.4) is 0 Å². The molecule has 1 N–H and O–H groups in total. The number of thiophene rings is 1. The van der Waals surface area contributed by atoms with Gasteiger partial charge in [0.05, 0.1) is 18.6 Å². The average molecular weight is 322 g/mol. The van der Waals surface area contributed by atoms with Crippen molar-refractivity contribution in [3.8, 4) is 0 Å². The minimum Gasteiger partial charge on any atom is -0.545 e. The van der Waals surface area contributed by atoms with E-state index < -0.39 is 17.8 Å². The number of ether oxygens (including phenoxy) is 1. The number of nitrogens with one attached hydrogen (secondary N) is 1. The maximum absolute atomic E-state index is 12.0. The van der Waals surface area contributed by atoms with Crippen molar-refractivity contribution in [1.82, 2.24) is 0 Å². The molecule has 1 amide bonds. The van der Waals surface area contributed by atoms with Gasteiger partial charge in [0.1, 0.15) is 5.00 Å². The highest BCUT2D eigenvalue weighted by molar-refractivity contribution is 7.17. The van der Waals surface area contributed by atoms with Crippen molar-refractivity contribution in [1.29, 1.82) is 0 Å². The van der Waals surface area contributed by atoms with Crippen LogP contribution in [0.15, 0.2) is 12.2 Å². The average Bonchev–Trinajstić information content (AvgIpc) is 2.81. The lowest BCUT2D eigenvalue weighted by Gasteiger charge is -2.18. The number of hydrogen-bond donors (Lipinski definition) is 1. The molecule has 1 aromatic heterocycles. The highest BCUT2D eigenvalue weighted by Crippen LogP contribution is 2.39. The van der Waals surface area contributed by atoms with Gasteiger partial charge >= 0.3 is 5.97 Å². The summed E-state index contributed by atoms with van der Waals surface area (Å²) >= 11 is 1.34. The molecule has 0 saturated carbocycles. The largest absolute Gasteiger partial charge is 0.545 e. The van der Waals surface area contributed by atoms with Gasteiger partial charge < -0.3 is 20.0 Å². The SMILES string of the molecule is COC(=O)c1c(NC(=O)C=CC(=O)[O-])sc2c1CC[C@H](C)C2. The third-order valence-corrected chi connectivity index (χ3v) is 4.68. The van der Waals surface area contributed by atoms with Gasteiger partial charge in [-0.05, 0) is 36.8 Å². The Balaban J connectivity index is 2.32. The number of methoxy groups -OCH3 is 1. The van der Waals surface area contributed by atoms with Gasteiger partial charge in [-0.15, -0.1) is 11.3 Å². The normalized spacial score (nSPS) is 17.1. The lowest BCUT2D eigenvalue weighted by molar-refractivity contribution is -0.297. The van der Waals surface area contributed by atoms with Crippen LogP contribution in [-0.2, 0) is 27.2 Å². The first kappa shape index (κ1) is 16.2. The van der Waals surface area contributed by atoms with Crippen molar-refractivity contribution in [3.05, 3.63) is 28.2 Å². The molecule has 0 spiro atoms. The highest BCUT2D eigenvalue weighted by Gasteiger charge is 2.28. The smallest absolute Gasteiger partial charge is 0.341 e. The van der Waals surface area contributed by atoms with Crippen LogP contribution in [0.25, 0.3) is 0 Å². The van der Waals surface area contributed by atoms with Crippen LogP contribution in [-0.4, -0.2) is 25.0 Å². The number of hydrogen-bond acceptors (Lipinski definition) is 6. The Labute approximate surface area is 131 Å². The van der Waals surface area contributed by atoms with Gasteiger partial charge in [-0.25, -0.2) is 4.79 Å². The second kappa shape index (κ2) is 6.74. The number of carboxylic acids is 1. The van der Waals surface area contributed by atoms with Crippen LogP contribution in [0.5, 0.6) is 0 Å². The van der Waals surface area contributed by atoms with Crippen LogP contribution in [0, 0.1) is 5.92 Å². The van der Waals surface area contributed by atoms with E-state index in [1.807, 2.05) is 0 Å². The summed E-state index contributed by atoms with van der Waals surface area (Å²) in [6.07, 6.45) is 4.10. The summed E-state index contributed by atoms with van der Waals surface area (Å²) in [6.45, 7) is 2.14. The molecule has 1 aliphatic rings. The summed E-state index contributed by atoms with van der Waals surface area (Å²) in [7, 11) is 1.29. The summed E-state index contributed by atoms with van der Waals surface area (Å²) in [4.78, 5) is 35.1.